The van der Waals surface area contributed by atoms with Crippen LogP contribution in [0.3, 0.4) is 0 Å². The molecule has 3 nitrogen and oxygen atoms in total. The second-order valence-corrected chi connectivity index (χ2v) is 8.88. The molecule has 31 heavy (non-hydrogen) atoms. The molecular weight excluding hydrogens is 380 g/mol. The van der Waals surface area contributed by atoms with Gasteiger partial charge in [-0.2, -0.15) is 0 Å². The molecule has 0 unspecified atom stereocenters. The molecule has 3 heteroatoms. The highest BCUT2D eigenvalue weighted by atomic mass is 16.1. The molecule has 0 radical (unpaired) electrons. The number of benzene rings is 3. The fourth-order valence-corrected chi connectivity index (χ4v) is 4.46. The van der Waals surface area contributed by atoms with E-state index in [1.165, 1.54) is 36.0 Å². The van der Waals surface area contributed by atoms with E-state index in [4.69, 9.17) is 0 Å². The molecule has 1 fully saturated rings. The molecule has 3 aromatic rings. The van der Waals surface area contributed by atoms with E-state index >= 15 is 0 Å². The van der Waals surface area contributed by atoms with E-state index in [0.717, 1.165) is 36.8 Å². The van der Waals surface area contributed by atoms with E-state index in [1.54, 1.807) is 0 Å². The predicted octanol–water partition coefficient (Wildman–Crippen LogP) is 6.01. The maximum Gasteiger partial charge on any atom is 0.255 e. The summed E-state index contributed by atoms with van der Waals surface area (Å²) < 4.78 is 0. The van der Waals surface area contributed by atoms with Crippen molar-refractivity contribution in [1.82, 2.24) is 4.90 Å². The van der Waals surface area contributed by atoms with Crippen molar-refractivity contribution in [3.63, 3.8) is 0 Å². The van der Waals surface area contributed by atoms with Gasteiger partial charge in [-0.25, -0.2) is 0 Å². The number of carbonyl (C=O) groups is 1. The second kappa shape index (κ2) is 9.93. The van der Waals surface area contributed by atoms with Gasteiger partial charge in [-0.3, -0.25) is 9.69 Å². The van der Waals surface area contributed by atoms with Gasteiger partial charge in [0, 0.05) is 17.8 Å². The van der Waals surface area contributed by atoms with Crippen LogP contribution in [0.25, 0.3) is 0 Å². The number of piperidine rings is 1. The van der Waals surface area contributed by atoms with Gasteiger partial charge in [-0.05, 0) is 87.0 Å². The summed E-state index contributed by atoms with van der Waals surface area (Å²) in [5, 5.41) is 3.03. The molecular formula is C28H32N2O. The first-order valence-electron chi connectivity index (χ1n) is 11.3. The number of anilines is 1. The van der Waals surface area contributed by atoms with Gasteiger partial charge >= 0.3 is 0 Å². The number of hydrogen-bond donors (Lipinski definition) is 1. The quantitative estimate of drug-likeness (QED) is 0.538. The van der Waals surface area contributed by atoms with Crippen LogP contribution in [0.4, 0.5) is 5.69 Å². The molecule has 3 aromatic carbocycles. The number of carbonyl (C=O) groups excluding carboxylic acids is 1. The number of nitrogens with one attached hydrogen (secondary N) is 1. The lowest BCUT2D eigenvalue weighted by molar-refractivity contribution is 0.102. The van der Waals surface area contributed by atoms with Crippen molar-refractivity contribution >= 4 is 11.6 Å². The van der Waals surface area contributed by atoms with Gasteiger partial charge in [0.2, 0.25) is 0 Å². The monoisotopic (exact) mass is 412 g/mol. The normalized spacial score (nSPS) is 15.0. The van der Waals surface area contributed by atoms with E-state index in [1.807, 2.05) is 31.2 Å². The molecule has 0 aliphatic carbocycles. The first kappa shape index (κ1) is 21.3. The predicted molar refractivity (Wildman–Crippen MR) is 128 cm³/mol. The first-order valence-corrected chi connectivity index (χ1v) is 11.3. The second-order valence-electron chi connectivity index (χ2n) is 8.88. The molecule has 0 aromatic heterocycles. The Bertz CT molecular complexity index is 1000. The fourth-order valence-electron chi connectivity index (χ4n) is 4.46. The van der Waals surface area contributed by atoms with E-state index in [9.17, 15) is 4.79 Å². The zero-order valence-corrected chi connectivity index (χ0v) is 18.6. The van der Waals surface area contributed by atoms with Crippen molar-refractivity contribution in [2.24, 2.45) is 5.92 Å². The van der Waals surface area contributed by atoms with Crippen LogP contribution in [0.15, 0.2) is 72.8 Å². The summed E-state index contributed by atoms with van der Waals surface area (Å²) in [6, 6.07) is 25.0. The van der Waals surface area contributed by atoms with Crippen LogP contribution >= 0.6 is 0 Å². The van der Waals surface area contributed by atoms with E-state index in [0.29, 0.717) is 5.56 Å². The van der Waals surface area contributed by atoms with Crippen molar-refractivity contribution in [2.45, 2.75) is 39.7 Å². The Kier molecular flexibility index (Phi) is 6.83. The van der Waals surface area contributed by atoms with Gasteiger partial charge in [0.25, 0.3) is 5.91 Å². The van der Waals surface area contributed by atoms with Gasteiger partial charge in [0.15, 0.2) is 0 Å². The molecule has 0 bridgehead atoms. The number of aryl methyl sites for hydroxylation is 2. The lowest BCUT2D eigenvalue weighted by Crippen LogP contribution is -2.33. The summed E-state index contributed by atoms with van der Waals surface area (Å²) in [6.45, 7) is 7.33. The van der Waals surface area contributed by atoms with E-state index in [2.05, 4.69) is 65.7 Å². The van der Waals surface area contributed by atoms with Crippen LogP contribution in [-0.4, -0.2) is 23.9 Å². The maximum atomic E-state index is 12.6. The molecule has 1 heterocycles. The number of likely N-dealkylation sites (tertiary alicyclic amines) is 1. The van der Waals surface area contributed by atoms with Crippen LogP contribution in [0.5, 0.6) is 0 Å². The number of rotatable bonds is 6. The summed E-state index contributed by atoms with van der Waals surface area (Å²) in [5.74, 6) is 0.732. The lowest BCUT2D eigenvalue weighted by atomic mass is 9.90. The summed E-state index contributed by atoms with van der Waals surface area (Å²) in [4.78, 5) is 15.2. The standard InChI is InChI=1S/C28H32N2O/c1-21-8-13-27(22(2)18-21)29-28(31)26-11-9-25(10-12-26)20-30-16-14-24(15-17-30)19-23-6-4-3-5-7-23/h3-13,18,24H,14-17,19-20H2,1-2H3,(H,29,31). The molecule has 0 atom stereocenters. The zero-order chi connectivity index (χ0) is 21.6. The Hall–Kier alpha value is -2.91. The summed E-state index contributed by atoms with van der Waals surface area (Å²) in [6.07, 6.45) is 3.70. The Labute approximate surface area is 186 Å². The molecule has 0 saturated carbocycles. The van der Waals surface area contributed by atoms with Gasteiger partial charge < -0.3 is 5.32 Å². The number of hydrogen-bond acceptors (Lipinski definition) is 2. The highest BCUT2D eigenvalue weighted by Crippen LogP contribution is 2.23. The van der Waals surface area contributed by atoms with Crippen molar-refractivity contribution in [1.29, 1.82) is 0 Å². The van der Waals surface area contributed by atoms with Crippen molar-refractivity contribution in [3.05, 3.63) is 101 Å². The Morgan fingerprint density at radius 2 is 1.61 bits per heavy atom. The molecule has 1 amide bonds. The molecule has 160 valence electrons. The van der Waals surface area contributed by atoms with Crippen molar-refractivity contribution < 1.29 is 4.79 Å². The van der Waals surface area contributed by atoms with Crippen molar-refractivity contribution in [2.75, 3.05) is 18.4 Å². The summed E-state index contributed by atoms with van der Waals surface area (Å²) >= 11 is 0. The molecule has 1 aliphatic rings. The highest BCUT2D eigenvalue weighted by molar-refractivity contribution is 6.04. The number of nitrogens with zero attached hydrogens (tertiary/aromatic N) is 1. The third-order valence-corrected chi connectivity index (χ3v) is 6.33. The minimum atomic E-state index is -0.0553. The first-order chi connectivity index (χ1) is 15.1. The third kappa shape index (κ3) is 5.83. The molecule has 1 saturated heterocycles. The van der Waals surface area contributed by atoms with Crippen LogP contribution in [0.2, 0.25) is 0 Å². The smallest absolute Gasteiger partial charge is 0.255 e. The SMILES string of the molecule is Cc1ccc(NC(=O)c2ccc(CN3CCC(Cc4ccccc4)CC3)cc2)c(C)c1. The van der Waals surface area contributed by atoms with Crippen LogP contribution in [-0.2, 0) is 13.0 Å². The Balaban J connectivity index is 1.27. The average Bonchev–Trinajstić information content (AvgIpc) is 2.78. The summed E-state index contributed by atoms with van der Waals surface area (Å²) in [5.41, 5.74) is 6.58. The zero-order valence-electron chi connectivity index (χ0n) is 18.6. The highest BCUT2D eigenvalue weighted by Gasteiger charge is 2.19. The Morgan fingerprint density at radius 1 is 0.903 bits per heavy atom. The minimum Gasteiger partial charge on any atom is -0.322 e. The van der Waals surface area contributed by atoms with Crippen LogP contribution in [0, 0.1) is 19.8 Å². The topological polar surface area (TPSA) is 32.3 Å². The van der Waals surface area contributed by atoms with E-state index < -0.39 is 0 Å². The van der Waals surface area contributed by atoms with Gasteiger partial charge in [-0.1, -0.05) is 60.2 Å². The largest absolute Gasteiger partial charge is 0.322 e. The van der Waals surface area contributed by atoms with Gasteiger partial charge in [0.05, 0.1) is 0 Å². The number of amides is 1. The van der Waals surface area contributed by atoms with E-state index in [-0.39, 0.29) is 5.91 Å². The lowest BCUT2D eigenvalue weighted by Gasteiger charge is -2.32. The summed E-state index contributed by atoms with van der Waals surface area (Å²) in [7, 11) is 0. The molecule has 0 spiro atoms. The molecule has 4 rings (SSSR count). The van der Waals surface area contributed by atoms with Crippen LogP contribution < -0.4 is 5.32 Å². The average molecular weight is 413 g/mol. The molecule has 1 N–H and O–H groups in total. The molecule has 1 aliphatic heterocycles. The maximum absolute atomic E-state index is 12.6. The van der Waals surface area contributed by atoms with Crippen LogP contribution in [0.1, 0.15) is 45.5 Å². The third-order valence-electron chi connectivity index (χ3n) is 6.33. The fraction of sp³-hybridized carbons (Fsp3) is 0.321. The van der Waals surface area contributed by atoms with Crippen molar-refractivity contribution in [3.8, 4) is 0 Å². The minimum absolute atomic E-state index is 0.0553. The Morgan fingerprint density at radius 3 is 2.29 bits per heavy atom. The van der Waals surface area contributed by atoms with Gasteiger partial charge in [0.1, 0.15) is 0 Å². The van der Waals surface area contributed by atoms with Gasteiger partial charge in [-0.15, -0.1) is 0 Å².